The molecule has 3 aromatic rings. The maximum Gasteiger partial charge on any atom is 0.140 e. The highest BCUT2D eigenvalue weighted by molar-refractivity contribution is 5.73. The van der Waals surface area contributed by atoms with E-state index in [1.165, 1.54) is 6.20 Å². The maximum absolute atomic E-state index is 9.84. The largest absolute Gasteiger partial charge is 0.489 e. The molecule has 0 amide bonds. The summed E-state index contributed by atoms with van der Waals surface area (Å²) >= 11 is 0. The number of nitriles is 1. The van der Waals surface area contributed by atoms with Crippen molar-refractivity contribution in [1.29, 1.82) is 5.26 Å². The molecule has 8 heteroatoms. The van der Waals surface area contributed by atoms with E-state index >= 15 is 0 Å². The van der Waals surface area contributed by atoms with E-state index < -0.39 is 5.60 Å². The van der Waals surface area contributed by atoms with Gasteiger partial charge in [0, 0.05) is 13.1 Å². The van der Waals surface area contributed by atoms with Crippen LogP contribution >= 0.6 is 0 Å². The molecule has 0 saturated heterocycles. The number of hydrogen-bond donors (Lipinski definition) is 2. The van der Waals surface area contributed by atoms with Gasteiger partial charge in [-0.05, 0) is 13.8 Å². The van der Waals surface area contributed by atoms with Gasteiger partial charge in [0.05, 0.1) is 47.3 Å². The van der Waals surface area contributed by atoms with Gasteiger partial charge in [-0.2, -0.15) is 15.5 Å². The van der Waals surface area contributed by atoms with Gasteiger partial charge in [0.2, 0.25) is 0 Å². The van der Waals surface area contributed by atoms with E-state index in [4.69, 9.17) is 4.74 Å². The molecule has 3 aromatic heterocycles. The van der Waals surface area contributed by atoms with Crippen molar-refractivity contribution in [2.24, 2.45) is 0 Å². The van der Waals surface area contributed by atoms with E-state index in [2.05, 4.69) is 21.6 Å². The summed E-state index contributed by atoms with van der Waals surface area (Å²) in [6, 6.07) is 3.91. The average Bonchev–Trinajstić information content (AvgIpc) is 3.18. The first-order valence-corrected chi connectivity index (χ1v) is 7.41. The van der Waals surface area contributed by atoms with Gasteiger partial charge in [-0.1, -0.05) is 0 Å². The molecule has 0 spiro atoms. The molecule has 0 radical (unpaired) electrons. The molecular weight excluding hydrogens is 308 g/mol. The van der Waals surface area contributed by atoms with Gasteiger partial charge in [0.1, 0.15) is 23.9 Å². The Morgan fingerprint density at radius 2 is 2.12 bits per heavy atom. The van der Waals surface area contributed by atoms with E-state index in [9.17, 15) is 10.4 Å². The molecule has 0 aliphatic heterocycles. The first-order chi connectivity index (χ1) is 11.4. The summed E-state index contributed by atoms with van der Waals surface area (Å²) in [4.78, 5) is 0. The van der Waals surface area contributed by atoms with Gasteiger partial charge in [0.15, 0.2) is 0 Å². The van der Waals surface area contributed by atoms with E-state index in [1.54, 1.807) is 48.6 Å². The van der Waals surface area contributed by atoms with Crippen molar-refractivity contribution >= 4 is 11.2 Å². The van der Waals surface area contributed by atoms with Gasteiger partial charge >= 0.3 is 0 Å². The number of nitrogens with zero attached hydrogens (tertiary/aromatic N) is 5. The van der Waals surface area contributed by atoms with Crippen LogP contribution in [0, 0.1) is 11.3 Å². The van der Waals surface area contributed by atoms with Crippen LogP contribution < -0.4 is 10.1 Å². The molecule has 0 aliphatic rings. The van der Waals surface area contributed by atoms with E-state index in [0.717, 1.165) is 5.69 Å². The van der Waals surface area contributed by atoms with Crippen molar-refractivity contribution in [3.8, 4) is 17.5 Å². The van der Waals surface area contributed by atoms with Crippen LogP contribution in [0.4, 0.5) is 5.69 Å². The van der Waals surface area contributed by atoms with Crippen molar-refractivity contribution in [3.05, 3.63) is 36.4 Å². The highest BCUT2D eigenvalue weighted by atomic mass is 16.5. The number of pyridine rings is 1. The standard InChI is InChI=1S/C16H18N6O2/c1-16(2,23)10-24-13-4-14(21-8-12(18-3)7-20-21)15-11(5-17)6-19-22(15)9-13/h4,6-9,18,23H,10H2,1-3H3. The van der Waals surface area contributed by atoms with Crippen LogP contribution in [-0.2, 0) is 0 Å². The topological polar surface area (TPSA) is 100 Å². The quantitative estimate of drug-likeness (QED) is 0.738. The number of rotatable bonds is 5. The van der Waals surface area contributed by atoms with E-state index in [-0.39, 0.29) is 6.61 Å². The normalized spacial score (nSPS) is 11.5. The molecule has 0 atom stereocenters. The second kappa shape index (κ2) is 5.86. The van der Waals surface area contributed by atoms with Gasteiger partial charge < -0.3 is 15.2 Å². The monoisotopic (exact) mass is 326 g/mol. The van der Waals surface area contributed by atoms with E-state index in [0.29, 0.717) is 22.5 Å². The predicted molar refractivity (Wildman–Crippen MR) is 88.4 cm³/mol. The third-order valence-corrected chi connectivity index (χ3v) is 3.40. The first-order valence-electron chi connectivity index (χ1n) is 7.41. The lowest BCUT2D eigenvalue weighted by molar-refractivity contribution is 0.0283. The minimum absolute atomic E-state index is 0.130. The van der Waals surface area contributed by atoms with Gasteiger partial charge in [0.25, 0.3) is 0 Å². The molecule has 3 heterocycles. The van der Waals surface area contributed by atoms with Gasteiger partial charge in [-0.15, -0.1) is 0 Å². The summed E-state index contributed by atoms with van der Waals surface area (Å²) in [5.41, 5.74) is 1.63. The van der Waals surface area contributed by atoms with Crippen molar-refractivity contribution < 1.29 is 9.84 Å². The lowest BCUT2D eigenvalue weighted by atomic mass is 10.2. The molecule has 0 aromatic carbocycles. The van der Waals surface area contributed by atoms with Crippen LogP contribution in [0.3, 0.4) is 0 Å². The summed E-state index contributed by atoms with van der Waals surface area (Å²) in [5, 5.41) is 30.7. The molecule has 0 fully saturated rings. The van der Waals surface area contributed by atoms with Crippen molar-refractivity contribution in [3.63, 3.8) is 0 Å². The Morgan fingerprint density at radius 3 is 2.75 bits per heavy atom. The Morgan fingerprint density at radius 1 is 1.33 bits per heavy atom. The molecule has 8 nitrogen and oxygen atoms in total. The summed E-state index contributed by atoms with van der Waals surface area (Å²) in [7, 11) is 1.80. The van der Waals surface area contributed by atoms with Crippen molar-refractivity contribution in [2.45, 2.75) is 19.4 Å². The predicted octanol–water partition coefficient (Wildman–Crippen LogP) is 1.58. The van der Waals surface area contributed by atoms with Crippen molar-refractivity contribution in [1.82, 2.24) is 19.4 Å². The number of aliphatic hydroxyl groups is 1. The number of anilines is 1. The van der Waals surface area contributed by atoms with Gasteiger partial charge in [-0.25, -0.2) is 9.20 Å². The third-order valence-electron chi connectivity index (χ3n) is 3.40. The Balaban J connectivity index is 2.12. The van der Waals surface area contributed by atoms with E-state index in [1.807, 2.05) is 6.20 Å². The molecule has 3 rings (SSSR count). The fourth-order valence-corrected chi connectivity index (χ4v) is 2.26. The Hall–Kier alpha value is -3.05. The minimum Gasteiger partial charge on any atom is -0.489 e. The lowest BCUT2D eigenvalue weighted by Crippen LogP contribution is -2.28. The minimum atomic E-state index is -0.956. The summed E-state index contributed by atoms with van der Waals surface area (Å²) < 4.78 is 8.90. The molecule has 0 unspecified atom stereocenters. The Labute approximate surface area is 138 Å². The lowest BCUT2D eigenvalue weighted by Gasteiger charge is -2.18. The highest BCUT2D eigenvalue weighted by Crippen LogP contribution is 2.26. The zero-order valence-electron chi connectivity index (χ0n) is 13.7. The van der Waals surface area contributed by atoms with Crippen LogP contribution in [0.1, 0.15) is 19.4 Å². The number of nitrogens with one attached hydrogen (secondary N) is 1. The van der Waals surface area contributed by atoms with Crippen LogP contribution in [0.15, 0.2) is 30.9 Å². The second-order valence-electron chi connectivity index (χ2n) is 6.05. The molecule has 2 N–H and O–H groups in total. The number of hydrogen-bond acceptors (Lipinski definition) is 6. The Kier molecular flexibility index (Phi) is 3.87. The zero-order chi connectivity index (χ0) is 17.3. The van der Waals surface area contributed by atoms with Crippen molar-refractivity contribution in [2.75, 3.05) is 19.0 Å². The molecule has 0 bridgehead atoms. The fraction of sp³-hybridized carbons (Fsp3) is 0.312. The number of ether oxygens (including phenoxy) is 1. The number of fused-ring (bicyclic) bond motifs is 1. The second-order valence-corrected chi connectivity index (χ2v) is 6.05. The molecule has 124 valence electrons. The third kappa shape index (κ3) is 3.02. The smallest absolute Gasteiger partial charge is 0.140 e. The maximum atomic E-state index is 9.84. The molecular formula is C16H18N6O2. The molecule has 24 heavy (non-hydrogen) atoms. The first kappa shape index (κ1) is 15.8. The van der Waals surface area contributed by atoms with Crippen LogP contribution in [0.25, 0.3) is 11.2 Å². The SMILES string of the molecule is CNc1cnn(-c2cc(OCC(C)(C)O)cn3ncc(C#N)c23)c1. The van der Waals surface area contributed by atoms with Crippen LogP contribution in [-0.4, -0.2) is 43.8 Å². The summed E-state index contributed by atoms with van der Waals surface area (Å²) in [6.07, 6.45) is 6.67. The number of aromatic nitrogens is 4. The Bertz CT molecular complexity index is 913. The zero-order valence-corrected chi connectivity index (χ0v) is 13.7. The summed E-state index contributed by atoms with van der Waals surface area (Å²) in [5.74, 6) is 0.522. The highest BCUT2D eigenvalue weighted by Gasteiger charge is 2.17. The summed E-state index contributed by atoms with van der Waals surface area (Å²) in [6.45, 7) is 3.47. The molecule has 0 saturated carbocycles. The average molecular weight is 326 g/mol. The van der Waals surface area contributed by atoms with Crippen LogP contribution in [0.5, 0.6) is 5.75 Å². The van der Waals surface area contributed by atoms with Crippen LogP contribution in [0.2, 0.25) is 0 Å². The fourth-order valence-electron chi connectivity index (χ4n) is 2.26. The van der Waals surface area contributed by atoms with Gasteiger partial charge in [-0.3, -0.25) is 0 Å². The molecule has 0 aliphatic carbocycles.